The highest BCUT2D eigenvalue weighted by Crippen LogP contribution is 2.38. The van der Waals surface area contributed by atoms with E-state index in [4.69, 9.17) is 4.74 Å². The molecule has 0 aliphatic carbocycles. The van der Waals surface area contributed by atoms with Crippen molar-refractivity contribution in [2.75, 3.05) is 31.1 Å². The van der Waals surface area contributed by atoms with Crippen molar-refractivity contribution in [3.8, 4) is 0 Å². The number of alkyl halides is 3. The third-order valence-electron chi connectivity index (χ3n) is 4.35. The first-order valence-corrected chi connectivity index (χ1v) is 9.21. The molecular formula is C19H18BrF3N2O2. The number of benzene rings is 2. The fourth-order valence-corrected chi connectivity index (χ4v) is 3.31. The average Bonchev–Trinajstić information content (AvgIpc) is 2.66. The zero-order valence-electron chi connectivity index (χ0n) is 14.4. The lowest BCUT2D eigenvalue weighted by atomic mass is 10.1. The van der Waals surface area contributed by atoms with Gasteiger partial charge in [0, 0.05) is 36.3 Å². The fourth-order valence-electron chi connectivity index (χ4n) is 2.95. The standard InChI is InChI=1S/C19H18BrF3N2O2/c20-15-6-7-17(16(12-15)19(21,22)23)24-8-10-25(11-9-24)18(26)27-13-14-4-2-1-3-5-14/h1-7,12H,8-11,13H2. The van der Waals surface area contributed by atoms with E-state index in [0.717, 1.165) is 11.6 Å². The maximum absolute atomic E-state index is 13.3. The lowest BCUT2D eigenvalue weighted by Crippen LogP contribution is -2.49. The normalized spacial score (nSPS) is 15.0. The second-order valence-electron chi connectivity index (χ2n) is 6.17. The number of rotatable bonds is 3. The van der Waals surface area contributed by atoms with E-state index in [-0.39, 0.29) is 12.3 Å². The molecule has 1 aliphatic heterocycles. The van der Waals surface area contributed by atoms with Crippen molar-refractivity contribution in [2.45, 2.75) is 12.8 Å². The number of halogens is 4. The molecule has 0 unspecified atom stereocenters. The highest BCUT2D eigenvalue weighted by Gasteiger charge is 2.36. The summed E-state index contributed by atoms with van der Waals surface area (Å²) >= 11 is 3.09. The van der Waals surface area contributed by atoms with Crippen molar-refractivity contribution in [2.24, 2.45) is 0 Å². The second kappa shape index (κ2) is 8.21. The van der Waals surface area contributed by atoms with Gasteiger partial charge in [0.2, 0.25) is 0 Å². The molecule has 1 fully saturated rings. The molecule has 2 aromatic rings. The van der Waals surface area contributed by atoms with Gasteiger partial charge in [0.25, 0.3) is 0 Å². The van der Waals surface area contributed by atoms with Crippen LogP contribution in [0.25, 0.3) is 0 Å². The van der Waals surface area contributed by atoms with Gasteiger partial charge in [-0.05, 0) is 23.8 Å². The number of ether oxygens (including phenoxy) is 1. The molecule has 1 heterocycles. The van der Waals surface area contributed by atoms with Crippen molar-refractivity contribution in [1.82, 2.24) is 4.90 Å². The molecule has 144 valence electrons. The monoisotopic (exact) mass is 442 g/mol. The van der Waals surface area contributed by atoms with Crippen LogP contribution in [0.5, 0.6) is 0 Å². The van der Waals surface area contributed by atoms with Crippen LogP contribution in [-0.4, -0.2) is 37.2 Å². The topological polar surface area (TPSA) is 32.8 Å². The average molecular weight is 443 g/mol. The summed E-state index contributed by atoms with van der Waals surface area (Å²) in [5.41, 5.74) is 0.328. The summed E-state index contributed by atoms with van der Waals surface area (Å²) in [6, 6.07) is 13.4. The zero-order chi connectivity index (χ0) is 19.4. The van der Waals surface area contributed by atoms with Crippen LogP contribution in [-0.2, 0) is 17.5 Å². The van der Waals surface area contributed by atoms with Crippen LogP contribution in [0, 0.1) is 0 Å². The number of carbonyl (C=O) groups is 1. The summed E-state index contributed by atoms with van der Waals surface area (Å²) in [4.78, 5) is 15.4. The van der Waals surface area contributed by atoms with E-state index in [1.165, 1.54) is 11.0 Å². The van der Waals surface area contributed by atoms with Crippen LogP contribution in [0.2, 0.25) is 0 Å². The van der Waals surface area contributed by atoms with E-state index in [2.05, 4.69) is 15.9 Å². The van der Waals surface area contributed by atoms with E-state index in [1.807, 2.05) is 30.3 Å². The molecule has 1 aliphatic rings. The number of nitrogens with zero attached hydrogens (tertiary/aromatic N) is 2. The van der Waals surface area contributed by atoms with Gasteiger partial charge in [-0.2, -0.15) is 13.2 Å². The molecule has 1 amide bonds. The summed E-state index contributed by atoms with van der Waals surface area (Å²) in [7, 11) is 0. The van der Waals surface area contributed by atoms with Gasteiger partial charge in [0.1, 0.15) is 6.61 Å². The van der Waals surface area contributed by atoms with Crippen molar-refractivity contribution in [1.29, 1.82) is 0 Å². The van der Waals surface area contributed by atoms with Gasteiger partial charge < -0.3 is 14.5 Å². The summed E-state index contributed by atoms with van der Waals surface area (Å²) in [5.74, 6) is 0. The maximum atomic E-state index is 13.3. The molecule has 2 aromatic carbocycles. The summed E-state index contributed by atoms with van der Waals surface area (Å²) in [6.45, 7) is 1.41. The van der Waals surface area contributed by atoms with Crippen LogP contribution in [0.3, 0.4) is 0 Å². The molecule has 3 rings (SSSR count). The first-order valence-electron chi connectivity index (χ1n) is 8.42. The molecule has 0 N–H and O–H groups in total. The first kappa shape index (κ1) is 19.5. The molecule has 0 spiro atoms. The number of piperazine rings is 1. The zero-order valence-corrected chi connectivity index (χ0v) is 16.0. The SMILES string of the molecule is O=C(OCc1ccccc1)N1CCN(c2ccc(Br)cc2C(F)(F)F)CC1. The minimum absolute atomic E-state index is 0.128. The van der Waals surface area contributed by atoms with Crippen molar-refractivity contribution >= 4 is 27.7 Å². The summed E-state index contributed by atoms with van der Waals surface area (Å²) in [5, 5.41) is 0. The molecule has 0 atom stereocenters. The molecular weight excluding hydrogens is 425 g/mol. The van der Waals surface area contributed by atoms with Crippen molar-refractivity contribution in [3.05, 3.63) is 64.1 Å². The molecule has 0 saturated carbocycles. The lowest BCUT2D eigenvalue weighted by Gasteiger charge is -2.36. The fraction of sp³-hybridized carbons (Fsp3) is 0.316. The number of hydrogen-bond donors (Lipinski definition) is 0. The molecule has 0 aromatic heterocycles. The Bertz CT molecular complexity index is 791. The predicted molar refractivity (Wildman–Crippen MR) is 99.6 cm³/mol. The minimum atomic E-state index is -4.44. The van der Waals surface area contributed by atoms with Gasteiger partial charge in [-0.3, -0.25) is 0 Å². The Hall–Kier alpha value is -2.22. The summed E-state index contributed by atoms with van der Waals surface area (Å²) < 4.78 is 45.6. The Morgan fingerprint density at radius 1 is 1.04 bits per heavy atom. The third kappa shape index (κ3) is 4.94. The predicted octanol–water partition coefficient (Wildman–Crippen LogP) is 4.93. The van der Waals surface area contributed by atoms with E-state index in [1.54, 1.807) is 11.0 Å². The lowest BCUT2D eigenvalue weighted by molar-refractivity contribution is -0.137. The largest absolute Gasteiger partial charge is 0.445 e. The van der Waals surface area contributed by atoms with Gasteiger partial charge in [0.15, 0.2) is 0 Å². The first-order chi connectivity index (χ1) is 12.8. The number of hydrogen-bond acceptors (Lipinski definition) is 3. The van der Waals surface area contributed by atoms with Gasteiger partial charge in [0.05, 0.1) is 5.56 Å². The molecule has 1 saturated heterocycles. The van der Waals surface area contributed by atoms with Crippen LogP contribution < -0.4 is 4.90 Å². The summed E-state index contributed by atoms with van der Waals surface area (Å²) in [6.07, 6.45) is -4.89. The van der Waals surface area contributed by atoms with Gasteiger partial charge >= 0.3 is 12.3 Å². The number of amides is 1. The number of anilines is 1. The number of carbonyl (C=O) groups excluding carboxylic acids is 1. The van der Waals surface area contributed by atoms with Crippen LogP contribution in [0.4, 0.5) is 23.7 Å². The van der Waals surface area contributed by atoms with Gasteiger partial charge in [-0.15, -0.1) is 0 Å². The Morgan fingerprint density at radius 3 is 2.33 bits per heavy atom. The Morgan fingerprint density at radius 2 is 1.70 bits per heavy atom. The molecule has 8 heteroatoms. The van der Waals surface area contributed by atoms with Crippen molar-refractivity contribution in [3.63, 3.8) is 0 Å². The molecule has 0 bridgehead atoms. The van der Waals surface area contributed by atoms with E-state index in [9.17, 15) is 18.0 Å². The van der Waals surface area contributed by atoms with E-state index in [0.29, 0.717) is 30.7 Å². The van der Waals surface area contributed by atoms with E-state index >= 15 is 0 Å². The van der Waals surface area contributed by atoms with Crippen LogP contribution >= 0.6 is 15.9 Å². The van der Waals surface area contributed by atoms with Crippen LogP contribution in [0.1, 0.15) is 11.1 Å². The van der Waals surface area contributed by atoms with Gasteiger partial charge in [-0.1, -0.05) is 46.3 Å². The maximum Gasteiger partial charge on any atom is 0.418 e. The van der Waals surface area contributed by atoms with Crippen LogP contribution in [0.15, 0.2) is 53.0 Å². The highest BCUT2D eigenvalue weighted by molar-refractivity contribution is 9.10. The van der Waals surface area contributed by atoms with Crippen molar-refractivity contribution < 1.29 is 22.7 Å². The molecule has 27 heavy (non-hydrogen) atoms. The van der Waals surface area contributed by atoms with E-state index < -0.39 is 17.8 Å². The Balaban J connectivity index is 1.60. The molecule has 4 nitrogen and oxygen atoms in total. The smallest absolute Gasteiger partial charge is 0.418 e. The Labute approximate surface area is 163 Å². The third-order valence-corrected chi connectivity index (χ3v) is 4.84. The minimum Gasteiger partial charge on any atom is -0.445 e. The second-order valence-corrected chi connectivity index (χ2v) is 7.09. The quantitative estimate of drug-likeness (QED) is 0.675. The van der Waals surface area contributed by atoms with Gasteiger partial charge in [-0.25, -0.2) is 4.79 Å². The Kier molecular flexibility index (Phi) is 5.94. The molecule has 0 radical (unpaired) electrons. The highest BCUT2D eigenvalue weighted by atomic mass is 79.9.